The summed E-state index contributed by atoms with van der Waals surface area (Å²) >= 11 is 0. The van der Waals surface area contributed by atoms with E-state index >= 15 is 0 Å². The van der Waals surface area contributed by atoms with Crippen molar-refractivity contribution < 1.29 is 4.39 Å². The molecule has 1 aliphatic rings. The molecule has 0 amide bonds. The molecule has 0 radical (unpaired) electrons. The summed E-state index contributed by atoms with van der Waals surface area (Å²) in [5.41, 5.74) is 1.11. The van der Waals surface area contributed by atoms with Gasteiger partial charge in [0.2, 0.25) is 0 Å². The number of rotatable bonds is 3. The highest BCUT2D eigenvalue weighted by molar-refractivity contribution is 5.33. The van der Waals surface area contributed by atoms with Gasteiger partial charge in [-0.2, -0.15) is 5.26 Å². The molecule has 0 aliphatic heterocycles. The summed E-state index contributed by atoms with van der Waals surface area (Å²) in [6.45, 7) is 5.06. The van der Waals surface area contributed by atoms with Crippen molar-refractivity contribution in [3.63, 3.8) is 0 Å². The van der Waals surface area contributed by atoms with Crippen molar-refractivity contribution in [3.8, 4) is 6.07 Å². The highest BCUT2D eigenvalue weighted by atomic mass is 19.1. The molecule has 0 aromatic heterocycles. The maximum absolute atomic E-state index is 13.7. The fourth-order valence-corrected chi connectivity index (χ4v) is 3.15. The monoisotopic (exact) mass is 260 g/mol. The molecule has 0 spiro atoms. The second-order valence-electron chi connectivity index (χ2n) is 5.91. The third-order valence-electron chi connectivity index (χ3n) is 3.93. The summed E-state index contributed by atoms with van der Waals surface area (Å²) in [5, 5.41) is 12.3. The summed E-state index contributed by atoms with van der Waals surface area (Å²) < 4.78 is 13.7. The first-order valence-corrected chi connectivity index (χ1v) is 7.00. The number of hydrogen-bond donors (Lipinski definition) is 1. The van der Waals surface area contributed by atoms with Crippen LogP contribution in [0.3, 0.4) is 0 Å². The van der Waals surface area contributed by atoms with Crippen LogP contribution in [0.5, 0.6) is 0 Å². The number of hydrogen-bond acceptors (Lipinski definition) is 2. The second-order valence-corrected chi connectivity index (χ2v) is 5.91. The number of benzene rings is 1. The maximum Gasteiger partial charge on any atom is 0.127 e. The topological polar surface area (TPSA) is 35.8 Å². The quantitative estimate of drug-likeness (QED) is 0.901. The van der Waals surface area contributed by atoms with Crippen molar-refractivity contribution in [2.24, 2.45) is 11.8 Å². The molecule has 1 aliphatic carbocycles. The van der Waals surface area contributed by atoms with E-state index in [2.05, 4.69) is 25.2 Å². The maximum atomic E-state index is 13.7. The average Bonchev–Trinajstić information content (AvgIpc) is 2.37. The molecule has 3 heteroatoms. The van der Waals surface area contributed by atoms with E-state index in [0.29, 0.717) is 23.7 Å². The van der Waals surface area contributed by atoms with Gasteiger partial charge >= 0.3 is 0 Å². The van der Waals surface area contributed by atoms with Crippen LogP contribution in [-0.4, -0.2) is 6.04 Å². The summed E-state index contributed by atoms with van der Waals surface area (Å²) in [4.78, 5) is 0. The Bertz CT molecular complexity index is 468. The van der Waals surface area contributed by atoms with Crippen LogP contribution in [0.15, 0.2) is 18.2 Å². The molecule has 1 aromatic rings. The Morgan fingerprint density at radius 3 is 2.58 bits per heavy atom. The smallest absolute Gasteiger partial charge is 0.127 e. The van der Waals surface area contributed by atoms with E-state index in [-0.39, 0.29) is 5.82 Å². The van der Waals surface area contributed by atoms with Gasteiger partial charge in [0.15, 0.2) is 0 Å². The van der Waals surface area contributed by atoms with Gasteiger partial charge in [0.25, 0.3) is 0 Å². The first-order chi connectivity index (χ1) is 9.08. The molecule has 19 heavy (non-hydrogen) atoms. The Morgan fingerprint density at radius 2 is 1.95 bits per heavy atom. The van der Waals surface area contributed by atoms with Crippen LogP contribution in [0, 0.1) is 29.0 Å². The van der Waals surface area contributed by atoms with Crippen molar-refractivity contribution in [3.05, 3.63) is 35.1 Å². The number of halogens is 1. The zero-order valence-electron chi connectivity index (χ0n) is 11.6. The van der Waals surface area contributed by atoms with Gasteiger partial charge in [0.05, 0.1) is 11.6 Å². The molecule has 1 saturated carbocycles. The lowest BCUT2D eigenvalue weighted by molar-refractivity contribution is 0.237. The predicted molar refractivity (Wildman–Crippen MR) is 73.9 cm³/mol. The van der Waals surface area contributed by atoms with Gasteiger partial charge in [-0.3, -0.25) is 0 Å². The van der Waals surface area contributed by atoms with Gasteiger partial charge in [0.1, 0.15) is 5.82 Å². The van der Waals surface area contributed by atoms with E-state index in [0.717, 1.165) is 24.7 Å². The van der Waals surface area contributed by atoms with Crippen LogP contribution in [0.4, 0.5) is 4.39 Å². The standard InChI is InChI=1S/C16H21FN2/c1-11-5-12(2)7-15(6-11)19-10-14-8-13(9-18)3-4-16(14)17/h3-4,8,11-12,15,19H,5-7,10H2,1-2H3. The van der Waals surface area contributed by atoms with Crippen LogP contribution in [-0.2, 0) is 6.54 Å². The van der Waals surface area contributed by atoms with Crippen molar-refractivity contribution in [1.82, 2.24) is 5.32 Å². The summed E-state index contributed by atoms with van der Waals surface area (Å²) in [7, 11) is 0. The molecule has 0 saturated heterocycles. The van der Waals surface area contributed by atoms with Crippen LogP contribution >= 0.6 is 0 Å². The minimum absolute atomic E-state index is 0.233. The molecule has 0 heterocycles. The van der Waals surface area contributed by atoms with Gasteiger partial charge in [0, 0.05) is 18.2 Å². The normalized spacial score (nSPS) is 26.9. The molecular weight excluding hydrogens is 239 g/mol. The van der Waals surface area contributed by atoms with Crippen LogP contribution < -0.4 is 5.32 Å². The summed E-state index contributed by atoms with van der Waals surface area (Å²) in [5.74, 6) is 1.23. The third-order valence-corrected chi connectivity index (χ3v) is 3.93. The molecular formula is C16H21FN2. The lowest BCUT2D eigenvalue weighted by Gasteiger charge is -2.32. The largest absolute Gasteiger partial charge is 0.310 e. The fraction of sp³-hybridized carbons (Fsp3) is 0.562. The third kappa shape index (κ3) is 3.78. The van der Waals surface area contributed by atoms with Crippen LogP contribution in [0.25, 0.3) is 0 Å². The predicted octanol–water partition coefficient (Wildman–Crippen LogP) is 3.61. The van der Waals surface area contributed by atoms with E-state index in [1.807, 2.05) is 0 Å². The Morgan fingerprint density at radius 1 is 1.26 bits per heavy atom. The first-order valence-electron chi connectivity index (χ1n) is 7.00. The molecule has 1 aromatic carbocycles. The van der Waals surface area contributed by atoms with E-state index < -0.39 is 0 Å². The molecule has 102 valence electrons. The lowest BCUT2D eigenvalue weighted by Crippen LogP contribution is -2.36. The average molecular weight is 260 g/mol. The highest BCUT2D eigenvalue weighted by Gasteiger charge is 2.23. The molecule has 0 bridgehead atoms. The minimum Gasteiger partial charge on any atom is -0.310 e. The molecule has 2 nitrogen and oxygen atoms in total. The van der Waals surface area contributed by atoms with E-state index in [1.165, 1.54) is 18.6 Å². The SMILES string of the molecule is CC1CC(C)CC(NCc2cc(C#N)ccc2F)C1. The Labute approximate surface area is 114 Å². The van der Waals surface area contributed by atoms with Gasteiger partial charge in [-0.05, 0) is 49.3 Å². The zero-order chi connectivity index (χ0) is 13.8. The summed E-state index contributed by atoms with van der Waals surface area (Å²) in [6, 6.07) is 7.05. The van der Waals surface area contributed by atoms with E-state index in [9.17, 15) is 4.39 Å². The van der Waals surface area contributed by atoms with Crippen LogP contribution in [0.2, 0.25) is 0 Å². The van der Waals surface area contributed by atoms with Gasteiger partial charge in [-0.25, -0.2) is 4.39 Å². The van der Waals surface area contributed by atoms with Crippen LogP contribution in [0.1, 0.15) is 44.2 Å². The van der Waals surface area contributed by atoms with Gasteiger partial charge in [-0.1, -0.05) is 13.8 Å². The van der Waals surface area contributed by atoms with Gasteiger partial charge < -0.3 is 5.32 Å². The molecule has 2 unspecified atom stereocenters. The zero-order valence-corrected chi connectivity index (χ0v) is 11.6. The highest BCUT2D eigenvalue weighted by Crippen LogP contribution is 2.28. The molecule has 1 N–H and O–H groups in total. The Kier molecular flexibility index (Phi) is 4.55. The minimum atomic E-state index is -0.233. The lowest BCUT2D eigenvalue weighted by atomic mass is 9.80. The summed E-state index contributed by atoms with van der Waals surface area (Å²) in [6.07, 6.45) is 3.60. The van der Waals surface area contributed by atoms with Crippen molar-refractivity contribution >= 4 is 0 Å². The second kappa shape index (κ2) is 6.16. The molecule has 1 fully saturated rings. The van der Waals surface area contributed by atoms with Gasteiger partial charge in [-0.15, -0.1) is 0 Å². The Balaban J connectivity index is 1.97. The van der Waals surface area contributed by atoms with Crippen molar-refractivity contribution in [2.45, 2.75) is 45.7 Å². The number of nitrogens with zero attached hydrogens (tertiary/aromatic N) is 1. The number of nitriles is 1. The molecule has 2 atom stereocenters. The van der Waals surface area contributed by atoms with E-state index in [1.54, 1.807) is 6.07 Å². The first kappa shape index (κ1) is 14.0. The van der Waals surface area contributed by atoms with E-state index in [4.69, 9.17) is 5.26 Å². The number of nitrogens with one attached hydrogen (secondary N) is 1. The van der Waals surface area contributed by atoms with Crippen molar-refractivity contribution in [1.29, 1.82) is 5.26 Å². The van der Waals surface area contributed by atoms with Crippen molar-refractivity contribution in [2.75, 3.05) is 0 Å². The Hall–Kier alpha value is -1.40. The molecule has 2 rings (SSSR count). The fourth-order valence-electron chi connectivity index (χ4n) is 3.15.